The summed E-state index contributed by atoms with van der Waals surface area (Å²) >= 11 is 0. The lowest BCUT2D eigenvalue weighted by molar-refractivity contribution is 0.358. The van der Waals surface area contributed by atoms with E-state index in [1.165, 1.54) is 0 Å². The van der Waals surface area contributed by atoms with E-state index in [1.54, 1.807) is 12.1 Å². The number of nitrogens with one attached hydrogen (secondary N) is 1. The van der Waals surface area contributed by atoms with E-state index in [1.807, 2.05) is 12.1 Å². The Hall–Kier alpha value is -0.910. The molecule has 0 bridgehead atoms. The first-order valence-electron chi connectivity index (χ1n) is 7.53. The van der Waals surface area contributed by atoms with Crippen LogP contribution in [0.3, 0.4) is 0 Å². The van der Waals surface area contributed by atoms with Gasteiger partial charge in [-0.1, -0.05) is 39.8 Å². The molecule has 0 aliphatic rings. The average Bonchev–Trinajstić information content (AvgIpc) is 2.34. The van der Waals surface area contributed by atoms with Crippen molar-refractivity contribution >= 4 is 10.0 Å². The summed E-state index contributed by atoms with van der Waals surface area (Å²) in [5.41, 5.74) is 1.07. The Morgan fingerprint density at radius 1 is 1.00 bits per heavy atom. The number of primary sulfonamides is 1. The minimum Gasteiger partial charge on any atom is -0.310 e. The Labute approximate surface area is 129 Å². The molecule has 1 aromatic carbocycles. The summed E-state index contributed by atoms with van der Waals surface area (Å²) in [7, 11) is -3.60. The maximum absolute atomic E-state index is 11.2. The van der Waals surface area contributed by atoms with Crippen molar-refractivity contribution in [3.05, 3.63) is 29.8 Å². The minimum atomic E-state index is -3.60. The highest BCUT2D eigenvalue weighted by atomic mass is 32.2. The number of sulfonamides is 1. The SMILES string of the molecule is CC(C)CC(CC(C)C)NCc1ccc(S(N)(=O)=O)cc1. The molecule has 0 aromatic heterocycles. The fourth-order valence-corrected chi connectivity index (χ4v) is 2.98. The fourth-order valence-electron chi connectivity index (χ4n) is 2.46. The second-order valence-electron chi connectivity index (χ2n) is 6.53. The van der Waals surface area contributed by atoms with Crippen LogP contribution in [0.15, 0.2) is 29.2 Å². The molecule has 120 valence electrons. The third kappa shape index (κ3) is 7.07. The monoisotopic (exact) mass is 312 g/mol. The van der Waals surface area contributed by atoms with E-state index in [2.05, 4.69) is 33.0 Å². The zero-order chi connectivity index (χ0) is 16.0. The summed E-state index contributed by atoms with van der Waals surface area (Å²) in [6.45, 7) is 9.67. The number of benzene rings is 1. The van der Waals surface area contributed by atoms with Crippen LogP contribution in [0.1, 0.15) is 46.1 Å². The predicted octanol–water partition coefficient (Wildman–Crippen LogP) is 2.88. The highest BCUT2D eigenvalue weighted by molar-refractivity contribution is 7.89. The van der Waals surface area contributed by atoms with Crippen LogP contribution in [-0.2, 0) is 16.6 Å². The number of rotatable bonds is 8. The standard InChI is InChI=1S/C16H28N2O2S/c1-12(2)9-15(10-13(3)4)18-11-14-5-7-16(8-6-14)21(17,19)20/h5-8,12-13,15,18H,9-11H2,1-4H3,(H2,17,19,20). The van der Waals surface area contributed by atoms with Crippen LogP contribution in [-0.4, -0.2) is 14.5 Å². The topological polar surface area (TPSA) is 72.2 Å². The molecule has 4 nitrogen and oxygen atoms in total. The van der Waals surface area contributed by atoms with Gasteiger partial charge in [-0.15, -0.1) is 0 Å². The van der Waals surface area contributed by atoms with Gasteiger partial charge >= 0.3 is 0 Å². The van der Waals surface area contributed by atoms with Crippen LogP contribution in [0.4, 0.5) is 0 Å². The highest BCUT2D eigenvalue weighted by Gasteiger charge is 2.13. The molecule has 1 rings (SSSR count). The van der Waals surface area contributed by atoms with Gasteiger partial charge in [0.25, 0.3) is 0 Å². The van der Waals surface area contributed by atoms with E-state index in [-0.39, 0.29) is 4.90 Å². The largest absolute Gasteiger partial charge is 0.310 e. The van der Waals surface area contributed by atoms with E-state index in [0.29, 0.717) is 17.9 Å². The van der Waals surface area contributed by atoms with Gasteiger partial charge in [0.1, 0.15) is 0 Å². The van der Waals surface area contributed by atoms with Gasteiger partial charge in [-0.25, -0.2) is 13.6 Å². The Morgan fingerprint density at radius 3 is 1.86 bits per heavy atom. The van der Waals surface area contributed by atoms with Gasteiger partial charge in [0.15, 0.2) is 0 Å². The van der Waals surface area contributed by atoms with Crippen molar-refractivity contribution < 1.29 is 8.42 Å². The van der Waals surface area contributed by atoms with Crippen molar-refractivity contribution in [3.8, 4) is 0 Å². The average molecular weight is 312 g/mol. The first-order chi connectivity index (χ1) is 9.68. The quantitative estimate of drug-likeness (QED) is 0.775. The summed E-state index contributed by atoms with van der Waals surface area (Å²) in [6.07, 6.45) is 2.29. The molecule has 0 aliphatic heterocycles. The van der Waals surface area contributed by atoms with Crippen LogP contribution < -0.4 is 10.5 Å². The predicted molar refractivity (Wildman–Crippen MR) is 87.4 cm³/mol. The van der Waals surface area contributed by atoms with Gasteiger partial charge in [-0.2, -0.15) is 0 Å². The highest BCUT2D eigenvalue weighted by Crippen LogP contribution is 2.15. The second kappa shape index (κ2) is 7.92. The van der Waals surface area contributed by atoms with Crippen molar-refractivity contribution in [1.82, 2.24) is 5.32 Å². The molecular weight excluding hydrogens is 284 g/mol. The van der Waals surface area contributed by atoms with Crippen molar-refractivity contribution in [3.63, 3.8) is 0 Å². The summed E-state index contributed by atoms with van der Waals surface area (Å²) in [5, 5.41) is 8.67. The first kappa shape index (κ1) is 18.1. The molecule has 0 atom stereocenters. The molecule has 0 saturated heterocycles. The van der Waals surface area contributed by atoms with E-state index >= 15 is 0 Å². The van der Waals surface area contributed by atoms with E-state index in [9.17, 15) is 8.42 Å². The van der Waals surface area contributed by atoms with Crippen LogP contribution in [0.2, 0.25) is 0 Å². The summed E-state index contributed by atoms with van der Waals surface area (Å²) < 4.78 is 22.4. The Kier molecular flexibility index (Phi) is 6.84. The molecule has 0 fully saturated rings. The lowest BCUT2D eigenvalue weighted by Gasteiger charge is -2.22. The maximum Gasteiger partial charge on any atom is 0.238 e. The molecular formula is C16H28N2O2S. The normalized spacial score (nSPS) is 12.6. The van der Waals surface area contributed by atoms with Crippen molar-refractivity contribution in [1.29, 1.82) is 0 Å². The van der Waals surface area contributed by atoms with Crippen molar-refractivity contribution in [2.24, 2.45) is 17.0 Å². The zero-order valence-corrected chi connectivity index (χ0v) is 14.3. The summed E-state index contributed by atoms with van der Waals surface area (Å²) in [6, 6.07) is 7.24. The number of nitrogens with two attached hydrogens (primary N) is 1. The van der Waals surface area contributed by atoms with Crippen molar-refractivity contribution in [2.75, 3.05) is 0 Å². The van der Waals surface area contributed by atoms with Gasteiger partial charge in [-0.05, 0) is 42.4 Å². The molecule has 0 heterocycles. The molecule has 0 spiro atoms. The van der Waals surface area contributed by atoms with Crippen LogP contribution in [0.5, 0.6) is 0 Å². The third-order valence-corrected chi connectivity index (χ3v) is 4.29. The zero-order valence-electron chi connectivity index (χ0n) is 13.5. The molecule has 0 unspecified atom stereocenters. The molecule has 3 N–H and O–H groups in total. The molecule has 0 saturated carbocycles. The van der Waals surface area contributed by atoms with E-state index in [4.69, 9.17) is 5.14 Å². The Balaban J connectivity index is 2.63. The van der Waals surface area contributed by atoms with Gasteiger partial charge in [0.2, 0.25) is 10.0 Å². The number of hydrogen-bond donors (Lipinski definition) is 2. The lowest BCUT2D eigenvalue weighted by atomic mass is 9.95. The molecule has 1 aromatic rings. The van der Waals surface area contributed by atoms with Crippen LogP contribution >= 0.6 is 0 Å². The van der Waals surface area contributed by atoms with Crippen molar-refractivity contribution in [2.45, 2.75) is 58.0 Å². The second-order valence-corrected chi connectivity index (χ2v) is 8.09. The Bertz CT molecular complexity index is 512. The third-order valence-electron chi connectivity index (χ3n) is 3.36. The van der Waals surface area contributed by atoms with Gasteiger partial charge < -0.3 is 5.32 Å². The summed E-state index contributed by atoms with van der Waals surface area (Å²) in [5.74, 6) is 1.32. The van der Waals surface area contributed by atoms with E-state index < -0.39 is 10.0 Å². The van der Waals surface area contributed by atoms with Gasteiger partial charge in [-0.3, -0.25) is 0 Å². The maximum atomic E-state index is 11.2. The van der Waals surface area contributed by atoms with Crippen LogP contribution in [0, 0.1) is 11.8 Å². The van der Waals surface area contributed by atoms with Gasteiger partial charge in [0, 0.05) is 12.6 Å². The molecule has 0 radical (unpaired) electrons. The van der Waals surface area contributed by atoms with Gasteiger partial charge in [0.05, 0.1) is 4.90 Å². The number of hydrogen-bond acceptors (Lipinski definition) is 3. The van der Waals surface area contributed by atoms with E-state index in [0.717, 1.165) is 24.9 Å². The van der Waals surface area contributed by atoms with Crippen LogP contribution in [0.25, 0.3) is 0 Å². The molecule has 0 aliphatic carbocycles. The lowest BCUT2D eigenvalue weighted by Crippen LogP contribution is -2.31. The first-order valence-corrected chi connectivity index (χ1v) is 9.08. The molecule has 21 heavy (non-hydrogen) atoms. The summed E-state index contributed by atoms with van der Waals surface area (Å²) in [4.78, 5) is 0.159. The molecule has 5 heteroatoms. The Morgan fingerprint density at radius 2 is 1.48 bits per heavy atom. The molecule has 0 amide bonds. The fraction of sp³-hybridized carbons (Fsp3) is 0.625. The minimum absolute atomic E-state index is 0.159. The smallest absolute Gasteiger partial charge is 0.238 e.